The number of fused-ring (bicyclic) bond motifs is 1. The van der Waals surface area contributed by atoms with Gasteiger partial charge in [-0.2, -0.15) is 0 Å². The molecule has 4 aromatic rings. The molecule has 0 spiro atoms. The molecule has 2 N–H and O–H groups in total. The van der Waals surface area contributed by atoms with E-state index in [1.807, 2.05) is 6.92 Å². The smallest absolute Gasteiger partial charge is 0.309 e. The van der Waals surface area contributed by atoms with Crippen LogP contribution in [0.25, 0.3) is 22.0 Å². The van der Waals surface area contributed by atoms with Crippen LogP contribution in [0, 0.1) is 18.7 Å². The summed E-state index contributed by atoms with van der Waals surface area (Å²) in [5.41, 5.74) is 2.75. The normalized spacial score (nSPS) is 12.9. The minimum absolute atomic E-state index is 0.0252. The van der Waals surface area contributed by atoms with Crippen molar-refractivity contribution in [3.05, 3.63) is 82.0 Å². The lowest BCUT2D eigenvalue weighted by atomic mass is 9.93. The summed E-state index contributed by atoms with van der Waals surface area (Å²) in [5.74, 6) is -2.36. The fourth-order valence-corrected chi connectivity index (χ4v) is 4.18. The van der Waals surface area contributed by atoms with Gasteiger partial charge in [0, 0.05) is 24.4 Å². The lowest BCUT2D eigenvalue weighted by Crippen LogP contribution is -2.32. The molecule has 10 heteroatoms. The van der Waals surface area contributed by atoms with Crippen LogP contribution in [0.3, 0.4) is 0 Å². The lowest BCUT2D eigenvalue weighted by Gasteiger charge is -2.19. The van der Waals surface area contributed by atoms with Crippen LogP contribution >= 0.6 is 0 Å². The number of benzene rings is 2. The first-order valence-corrected chi connectivity index (χ1v) is 11.8. The van der Waals surface area contributed by atoms with Crippen LogP contribution < -0.4 is 10.3 Å². The van der Waals surface area contributed by atoms with E-state index < -0.39 is 23.8 Å². The molecular weight excluding hydrogens is 479 g/mol. The van der Waals surface area contributed by atoms with Gasteiger partial charge in [-0.1, -0.05) is 23.4 Å². The number of aromatic nitrogens is 4. The van der Waals surface area contributed by atoms with Crippen molar-refractivity contribution in [2.75, 3.05) is 7.11 Å². The quantitative estimate of drug-likeness (QED) is 0.335. The maximum Gasteiger partial charge on any atom is 0.309 e. The van der Waals surface area contributed by atoms with Crippen LogP contribution in [-0.2, 0) is 17.8 Å². The van der Waals surface area contributed by atoms with Gasteiger partial charge in [0.05, 0.1) is 24.5 Å². The Bertz CT molecular complexity index is 1470. The van der Waals surface area contributed by atoms with Crippen molar-refractivity contribution in [3.8, 4) is 17.0 Å². The van der Waals surface area contributed by atoms with Gasteiger partial charge in [0.15, 0.2) is 0 Å². The second-order valence-electron chi connectivity index (χ2n) is 8.87. The fraction of sp³-hybridized carbons (Fsp3) is 0.296. The number of methoxy groups -OCH3 is 1. The van der Waals surface area contributed by atoms with E-state index >= 15 is 0 Å². The summed E-state index contributed by atoms with van der Waals surface area (Å²) >= 11 is 0. The first-order valence-electron chi connectivity index (χ1n) is 11.8. The van der Waals surface area contributed by atoms with Gasteiger partial charge in [0.2, 0.25) is 5.88 Å². The summed E-state index contributed by atoms with van der Waals surface area (Å²) in [6, 6.07) is 13.4. The fourth-order valence-electron chi connectivity index (χ4n) is 4.18. The van der Waals surface area contributed by atoms with Crippen LogP contribution in [0.1, 0.15) is 24.0 Å². The zero-order valence-corrected chi connectivity index (χ0v) is 20.5. The first kappa shape index (κ1) is 25.9. The van der Waals surface area contributed by atoms with Gasteiger partial charge in [-0.25, -0.2) is 14.1 Å². The van der Waals surface area contributed by atoms with E-state index in [4.69, 9.17) is 4.74 Å². The van der Waals surface area contributed by atoms with Gasteiger partial charge < -0.3 is 14.9 Å². The number of aliphatic hydroxyl groups excluding tert-OH is 1. The molecule has 0 saturated heterocycles. The van der Waals surface area contributed by atoms with Crippen LogP contribution in [0.5, 0.6) is 5.88 Å². The number of hydrogen-bond acceptors (Lipinski definition) is 7. The molecule has 2 aromatic carbocycles. The molecule has 0 fully saturated rings. The Balaban J connectivity index is 1.40. The summed E-state index contributed by atoms with van der Waals surface area (Å²) in [5, 5.41) is 28.6. The number of rotatable bonds is 10. The summed E-state index contributed by atoms with van der Waals surface area (Å²) in [4.78, 5) is 28.7. The number of nitrogens with zero attached hydrogens (tertiary/aromatic N) is 4. The molecule has 0 saturated carbocycles. The summed E-state index contributed by atoms with van der Waals surface area (Å²) in [6.07, 6.45) is 0.492. The van der Waals surface area contributed by atoms with Crippen molar-refractivity contribution in [2.45, 2.75) is 38.8 Å². The maximum atomic E-state index is 14.8. The zero-order valence-electron chi connectivity index (χ0n) is 20.5. The molecule has 0 aliphatic rings. The molecule has 0 radical (unpaired) electrons. The minimum atomic E-state index is -1.24. The third-order valence-electron chi connectivity index (χ3n) is 6.35. The monoisotopic (exact) mass is 506 g/mol. The molecule has 2 aromatic heterocycles. The van der Waals surface area contributed by atoms with Gasteiger partial charge in [-0.3, -0.25) is 9.59 Å². The van der Waals surface area contributed by atoms with Crippen LogP contribution in [0.4, 0.5) is 4.39 Å². The van der Waals surface area contributed by atoms with E-state index in [9.17, 15) is 24.2 Å². The minimum Gasteiger partial charge on any atom is -0.481 e. The topological polar surface area (TPSA) is 127 Å². The van der Waals surface area contributed by atoms with Crippen LogP contribution in [-0.4, -0.2) is 49.4 Å². The van der Waals surface area contributed by atoms with E-state index in [1.165, 1.54) is 13.2 Å². The third kappa shape index (κ3) is 5.97. The van der Waals surface area contributed by atoms with Crippen molar-refractivity contribution in [1.82, 2.24) is 20.0 Å². The molecule has 0 bridgehead atoms. The second kappa shape index (κ2) is 11.3. The van der Waals surface area contributed by atoms with E-state index in [2.05, 4.69) is 15.3 Å². The van der Waals surface area contributed by atoms with Crippen LogP contribution in [0.2, 0.25) is 0 Å². The second-order valence-corrected chi connectivity index (χ2v) is 8.87. The molecule has 192 valence electrons. The highest BCUT2D eigenvalue weighted by molar-refractivity contribution is 5.77. The highest BCUT2D eigenvalue weighted by Crippen LogP contribution is 2.24. The van der Waals surface area contributed by atoms with Gasteiger partial charge in [0.1, 0.15) is 11.3 Å². The Kier molecular flexibility index (Phi) is 7.88. The highest BCUT2D eigenvalue weighted by atomic mass is 19.1. The molecule has 9 nitrogen and oxygen atoms in total. The van der Waals surface area contributed by atoms with Gasteiger partial charge in [-0.05, 0) is 67.1 Å². The molecule has 0 aliphatic heterocycles. The number of aliphatic carboxylic acids is 1. The van der Waals surface area contributed by atoms with Crippen molar-refractivity contribution >= 4 is 16.9 Å². The van der Waals surface area contributed by atoms with Crippen molar-refractivity contribution < 1.29 is 24.1 Å². The van der Waals surface area contributed by atoms with Gasteiger partial charge in [-0.15, -0.1) is 5.10 Å². The molecule has 0 unspecified atom stereocenters. The molecule has 4 rings (SSSR count). The number of ether oxygens (including phenoxy) is 1. The van der Waals surface area contributed by atoms with Gasteiger partial charge >= 0.3 is 5.97 Å². The number of carbonyl (C=O) groups is 1. The molecule has 0 amide bonds. The summed E-state index contributed by atoms with van der Waals surface area (Å²) in [7, 11) is 1.51. The van der Waals surface area contributed by atoms with Crippen molar-refractivity contribution in [1.29, 1.82) is 0 Å². The molecule has 2 heterocycles. The number of hydrogen-bond donors (Lipinski definition) is 2. The highest BCUT2D eigenvalue weighted by Gasteiger charge is 2.27. The van der Waals surface area contributed by atoms with Gasteiger partial charge in [0.25, 0.3) is 5.56 Å². The third-order valence-corrected chi connectivity index (χ3v) is 6.35. The number of carboxylic acid groups (broad SMARTS) is 1. The van der Waals surface area contributed by atoms with E-state index in [-0.39, 0.29) is 31.4 Å². The first-order chi connectivity index (χ1) is 17.8. The Morgan fingerprint density at radius 3 is 2.57 bits per heavy atom. The Hall–Kier alpha value is -4.18. The average molecular weight is 507 g/mol. The predicted octanol–water partition coefficient (Wildman–Crippen LogP) is 3.39. The van der Waals surface area contributed by atoms with E-state index in [0.29, 0.717) is 27.9 Å². The molecular formula is C27H27FN4O5. The number of aryl methyl sites for hydroxylation is 3. The van der Waals surface area contributed by atoms with Crippen molar-refractivity contribution in [3.63, 3.8) is 0 Å². The lowest BCUT2D eigenvalue weighted by molar-refractivity contribution is -0.146. The van der Waals surface area contributed by atoms with E-state index in [1.54, 1.807) is 48.7 Å². The Labute approximate surface area is 212 Å². The average Bonchev–Trinajstić information content (AvgIpc) is 2.89. The molecule has 2 atom stereocenters. The Morgan fingerprint density at radius 1 is 1.11 bits per heavy atom. The SMILES string of the molecule is COc1ccc(-c2ccc(CC[C@@H](O)[C@H](CCn3nnc4cc(C)ccc4c3=O)C(=O)O)c(F)c2)cn1. The zero-order chi connectivity index (χ0) is 26.5. The van der Waals surface area contributed by atoms with E-state index in [0.717, 1.165) is 15.8 Å². The summed E-state index contributed by atoms with van der Waals surface area (Å²) in [6.45, 7) is 1.85. The number of aliphatic hydroxyl groups is 1. The largest absolute Gasteiger partial charge is 0.481 e. The number of carboxylic acids is 1. The van der Waals surface area contributed by atoms with Crippen LogP contribution in [0.15, 0.2) is 59.5 Å². The van der Waals surface area contributed by atoms with Crippen molar-refractivity contribution in [2.24, 2.45) is 5.92 Å². The maximum absolute atomic E-state index is 14.8. The molecule has 0 aliphatic carbocycles. The Morgan fingerprint density at radius 2 is 1.89 bits per heavy atom. The standard InChI is InChI=1S/C27H27FN4O5/c1-16-3-8-20-23(13-16)30-31-32(26(20)34)12-11-21(27(35)36)24(33)9-6-17-4-5-18(14-22(17)28)19-7-10-25(37-2)29-15-19/h3-5,7-8,10,13-15,21,24,33H,6,9,11-12H2,1-2H3,(H,35,36)/t21-,24+/m0/s1. The predicted molar refractivity (Wildman–Crippen MR) is 135 cm³/mol. The summed E-state index contributed by atoms with van der Waals surface area (Å²) < 4.78 is 20.9. The number of pyridine rings is 1. The molecule has 37 heavy (non-hydrogen) atoms. The number of halogens is 1.